The number of hydrogen-bond donors (Lipinski definition) is 0. The molecule has 1 aliphatic carbocycles. The summed E-state index contributed by atoms with van der Waals surface area (Å²) in [6.07, 6.45) is 4.03. The highest BCUT2D eigenvalue weighted by molar-refractivity contribution is 5.90. The highest BCUT2D eigenvalue weighted by atomic mass is 16.5. The van der Waals surface area contributed by atoms with Gasteiger partial charge >= 0.3 is 5.97 Å². The Morgan fingerprint density at radius 3 is 2.50 bits per heavy atom. The van der Waals surface area contributed by atoms with Crippen molar-refractivity contribution in [2.24, 2.45) is 4.99 Å². The molecule has 4 heteroatoms. The Balaban J connectivity index is 2.22. The molecule has 1 saturated carbocycles. The molecule has 4 nitrogen and oxygen atoms in total. The van der Waals surface area contributed by atoms with Gasteiger partial charge in [0.1, 0.15) is 0 Å². The van der Waals surface area contributed by atoms with Gasteiger partial charge in [-0.3, -0.25) is 4.99 Å². The van der Waals surface area contributed by atoms with E-state index in [2.05, 4.69) is 32.0 Å². The number of esters is 1. The van der Waals surface area contributed by atoms with Crippen molar-refractivity contribution in [1.29, 1.82) is 0 Å². The van der Waals surface area contributed by atoms with Crippen molar-refractivity contribution in [1.82, 2.24) is 0 Å². The van der Waals surface area contributed by atoms with Gasteiger partial charge in [0.05, 0.1) is 13.2 Å². The Kier molecular flexibility index (Phi) is 6.16. The zero-order valence-corrected chi connectivity index (χ0v) is 15.5. The van der Waals surface area contributed by atoms with Gasteiger partial charge in [-0.1, -0.05) is 23.8 Å². The maximum atomic E-state index is 12.4. The molecule has 0 unspecified atom stereocenters. The maximum Gasteiger partial charge on any atom is 0.333 e. The molecule has 0 N–H and O–H groups in total. The van der Waals surface area contributed by atoms with E-state index in [1.807, 2.05) is 6.92 Å². The molecule has 0 spiro atoms. The van der Waals surface area contributed by atoms with E-state index in [1.54, 1.807) is 7.11 Å². The Hall–Kier alpha value is -1.68. The van der Waals surface area contributed by atoms with Crippen molar-refractivity contribution in [3.63, 3.8) is 0 Å². The Morgan fingerprint density at radius 2 is 1.92 bits per heavy atom. The van der Waals surface area contributed by atoms with Crippen LogP contribution in [0.3, 0.4) is 0 Å². The van der Waals surface area contributed by atoms with Gasteiger partial charge in [-0.25, -0.2) is 4.79 Å². The zero-order valence-electron chi connectivity index (χ0n) is 15.5. The first kappa shape index (κ1) is 18.7. The van der Waals surface area contributed by atoms with Crippen LogP contribution in [0, 0.1) is 13.8 Å². The molecule has 1 aliphatic rings. The number of ether oxygens (including phenoxy) is 2. The smallest absolute Gasteiger partial charge is 0.333 e. The molecule has 24 heavy (non-hydrogen) atoms. The second kappa shape index (κ2) is 7.93. The quantitative estimate of drug-likeness (QED) is 0.609. The van der Waals surface area contributed by atoms with Crippen LogP contribution in [0.1, 0.15) is 49.3 Å². The maximum absolute atomic E-state index is 12.4. The van der Waals surface area contributed by atoms with E-state index >= 15 is 0 Å². The summed E-state index contributed by atoms with van der Waals surface area (Å²) in [5.41, 5.74) is 4.00. The monoisotopic (exact) mass is 331 g/mol. The minimum absolute atomic E-state index is 0.220. The number of methoxy groups -OCH3 is 2. The van der Waals surface area contributed by atoms with Crippen LogP contribution < -0.4 is 0 Å². The molecule has 2 rings (SSSR count). The third-order valence-corrected chi connectivity index (χ3v) is 5.01. The van der Waals surface area contributed by atoms with Gasteiger partial charge in [-0.15, -0.1) is 0 Å². The van der Waals surface area contributed by atoms with Crippen molar-refractivity contribution in [2.45, 2.75) is 64.5 Å². The van der Waals surface area contributed by atoms with Gasteiger partial charge in [0, 0.05) is 19.2 Å². The van der Waals surface area contributed by atoms with E-state index in [1.165, 1.54) is 23.8 Å². The van der Waals surface area contributed by atoms with Gasteiger partial charge in [-0.2, -0.15) is 0 Å². The summed E-state index contributed by atoms with van der Waals surface area (Å²) in [6, 6.07) is 6.45. The van der Waals surface area contributed by atoms with Crippen LogP contribution in [0.15, 0.2) is 23.2 Å². The number of aryl methyl sites for hydroxylation is 2. The fraction of sp³-hybridized carbons (Fsp3) is 0.600. The molecule has 0 aliphatic heterocycles. The number of hydrogen-bond acceptors (Lipinski definition) is 4. The third-order valence-electron chi connectivity index (χ3n) is 5.01. The molecule has 0 aromatic heterocycles. The van der Waals surface area contributed by atoms with Crippen LogP contribution in [0.25, 0.3) is 0 Å². The van der Waals surface area contributed by atoms with E-state index in [9.17, 15) is 4.79 Å². The molecule has 0 radical (unpaired) electrons. The number of aliphatic imine (C=N–C) groups is 1. The predicted octanol–water partition coefficient (Wildman–Crippen LogP) is 3.81. The lowest BCUT2D eigenvalue weighted by Gasteiger charge is -2.34. The fourth-order valence-corrected chi connectivity index (χ4v) is 3.53. The van der Waals surface area contributed by atoms with E-state index in [4.69, 9.17) is 14.5 Å². The fourth-order valence-electron chi connectivity index (χ4n) is 3.53. The van der Waals surface area contributed by atoms with E-state index in [0.29, 0.717) is 12.8 Å². The van der Waals surface area contributed by atoms with E-state index in [0.717, 1.165) is 25.0 Å². The summed E-state index contributed by atoms with van der Waals surface area (Å²) in [4.78, 5) is 17.3. The second-order valence-corrected chi connectivity index (χ2v) is 6.91. The third kappa shape index (κ3) is 4.23. The van der Waals surface area contributed by atoms with Crippen molar-refractivity contribution < 1.29 is 14.3 Å². The van der Waals surface area contributed by atoms with Crippen molar-refractivity contribution in [3.8, 4) is 0 Å². The molecule has 0 atom stereocenters. The van der Waals surface area contributed by atoms with Crippen LogP contribution in [0.2, 0.25) is 0 Å². The molecule has 0 heterocycles. The minimum Gasteiger partial charge on any atom is -0.467 e. The molecule has 1 aromatic carbocycles. The summed E-state index contributed by atoms with van der Waals surface area (Å²) in [5, 5.41) is 0. The van der Waals surface area contributed by atoms with Crippen molar-refractivity contribution in [2.75, 3.05) is 14.2 Å². The van der Waals surface area contributed by atoms with Crippen LogP contribution in [-0.4, -0.2) is 37.5 Å². The first-order valence-corrected chi connectivity index (χ1v) is 8.63. The van der Waals surface area contributed by atoms with Crippen molar-refractivity contribution in [3.05, 3.63) is 34.9 Å². The van der Waals surface area contributed by atoms with E-state index < -0.39 is 5.54 Å². The standard InChI is InChI=1S/C20H29NO3/c1-14-6-7-15(2)17(12-14)13-16(3)21-20(19(22)24-5)10-8-18(23-4)9-11-20/h6-7,12,18H,8-11,13H2,1-5H3/b21-16-/t18-,20+. The molecular formula is C20H29NO3. The molecule has 0 bridgehead atoms. The topological polar surface area (TPSA) is 47.9 Å². The van der Waals surface area contributed by atoms with Crippen molar-refractivity contribution >= 4 is 11.7 Å². The lowest BCUT2D eigenvalue weighted by atomic mass is 9.80. The van der Waals surface area contributed by atoms with Gasteiger partial charge < -0.3 is 9.47 Å². The van der Waals surface area contributed by atoms with E-state index in [-0.39, 0.29) is 12.1 Å². The van der Waals surface area contributed by atoms with Gasteiger partial charge in [0.2, 0.25) is 0 Å². The summed E-state index contributed by atoms with van der Waals surface area (Å²) in [5.74, 6) is -0.225. The Bertz CT molecular complexity index is 613. The lowest BCUT2D eigenvalue weighted by molar-refractivity contribution is -0.149. The van der Waals surface area contributed by atoms with Gasteiger partial charge in [-0.05, 0) is 57.6 Å². The molecule has 0 amide bonds. The summed E-state index contributed by atoms with van der Waals surface area (Å²) in [6.45, 7) is 6.22. The van der Waals surface area contributed by atoms with Crippen LogP contribution >= 0.6 is 0 Å². The minimum atomic E-state index is -0.744. The number of nitrogens with zero attached hydrogens (tertiary/aromatic N) is 1. The zero-order chi connectivity index (χ0) is 17.7. The molecular weight excluding hydrogens is 302 g/mol. The average molecular weight is 331 g/mol. The number of carbonyl (C=O) groups is 1. The number of rotatable bonds is 5. The highest BCUT2D eigenvalue weighted by Crippen LogP contribution is 2.34. The normalized spacial score (nSPS) is 24.7. The summed E-state index contributed by atoms with van der Waals surface area (Å²) < 4.78 is 10.5. The average Bonchev–Trinajstić information content (AvgIpc) is 2.58. The highest BCUT2D eigenvalue weighted by Gasteiger charge is 2.43. The molecule has 0 saturated heterocycles. The second-order valence-electron chi connectivity index (χ2n) is 6.91. The number of benzene rings is 1. The van der Waals surface area contributed by atoms with Gasteiger partial charge in [0.15, 0.2) is 5.54 Å². The first-order valence-electron chi connectivity index (χ1n) is 8.63. The summed E-state index contributed by atoms with van der Waals surface area (Å²) in [7, 11) is 3.17. The summed E-state index contributed by atoms with van der Waals surface area (Å²) >= 11 is 0. The lowest BCUT2D eigenvalue weighted by Crippen LogP contribution is -2.43. The molecule has 1 fully saturated rings. The first-order chi connectivity index (χ1) is 11.4. The Morgan fingerprint density at radius 1 is 1.25 bits per heavy atom. The van der Waals surface area contributed by atoms with Crippen LogP contribution in [-0.2, 0) is 20.7 Å². The largest absolute Gasteiger partial charge is 0.467 e. The van der Waals surface area contributed by atoms with Gasteiger partial charge in [0.25, 0.3) is 0 Å². The Labute approximate surface area is 145 Å². The number of carbonyl (C=O) groups excluding carboxylic acids is 1. The van der Waals surface area contributed by atoms with Crippen LogP contribution in [0.5, 0.6) is 0 Å². The molecule has 1 aromatic rings. The predicted molar refractivity (Wildman–Crippen MR) is 96.7 cm³/mol. The van der Waals surface area contributed by atoms with Crippen LogP contribution in [0.4, 0.5) is 0 Å². The SMILES string of the molecule is COC(=O)[C@]1(/N=C(/C)Cc2cc(C)ccc2C)CC[C@@H](OC)CC1. The molecule has 132 valence electrons.